The number of aromatic hydroxyl groups is 1. The maximum Gasteiger partial charge on any atom is 0.300 e. The molecule has 4 heterocycles. The topological polar surface area (TPSA) is 101 Å². The van der Waals surface area contributed by atoms with E-state index in [0.29, 0.717) is 29.3 Å². The van der Waals surface area contributed by atoms with Gasteiger partial charge in [-0.05, 0) is 43.0 Å². The highest BCUT2D eigenvalue weighted by Crippen LogP contribution is 2.47. The fourth-order valence-electron chi connectivity index (χ4n) is 6.59. The zero-order valence-corrected chi connectivity index (χ0v) is 26.9. The van der Waals surface area contributed by atoms with Crippen LogP contribution in [0.15, 0.2) is 48.0 Å². The van der Waals surface area contributed by atoms with Crippen molar-refractivity contribution in [3.8, 4) is 28.3 Å². The summed E-state index contributed by atoms with van der Waals surface area (Å²) in [6.07, 6.45) is 2.68. The van der Waals surface area contributed by atoms with Gasteiger partial charge in [0.05, 0.1) is 44.9 Å². The van der Waals surface area contributed by atoms with Gasteiger partial charge in [-0.1, -0.05) is 51.9 Å². The van der Waals surface area contributed by atoms with Crippen molar-refractivity contribution in [2.24, 2.45) is 0 Å². The number of amides is 1. The van der Waals surface area contributed by atoms with Crippen molar-refractivity contribution in [1.82, 2.24) is 19.4 Å². The highest BCUT2D eigenvalue weighted by molar-refractivity contribution is 6.34. The van der Waals surface area contributed by atoms with Crippen LogP contribution in [0.4, 0.5) is 14.5 Å². The molecule has 2 atom stereocenters. The molecule has 2 aliphatic rings. The SMILES string of the molecule is C=CC(=O)N1CC2COc3c(c4cc(Cl)c(-c5c(O)cccc5F)c(F)c4n(-c4c(C(C)C)ncnc4C(C)C)c3=O)N2CC1C. The number of hydrogen-bond donors (Lipinski definition) is 1. The first-order valence-corrected chi connectivity index (χ1v) is 15.5. The number of hydrogen-bond acceptors (Lipinski definition) is 7. The molecule has 1 saturated heterocycles. The molecule has 4 aromatic rings. The van der Waals surface area contributed by atoms with Crippen molar-refractivity contribution >= 4 is 34.1 Å². The molecule has 0 saturated carbocycles. The Balaban J connectivity index is 1.77. The van der Waals surface area contributed by atoms with E-state index in [1.807, 2.05) is 39.5 Å². The first kappa shape index (κ1) is 31.5. The number of nitrogens with zero attached hydrogens (tertiary/aromatic N) is 5. The van der Waals surface area contributed by atoms with Crippen LogP contribution in [-0.4, -0.2) is 62.2 Å². The molecule has 0 bridgehead atoms. The van der Waals surface area contributed by atoms with Crippen molar-refractivity contribution in [2.45, 2.75) is 58.5 Å². The average Bonchev–Trinajstić information content (AvgIpc) is 3.01. The number of aromatic nitrogens is 3. The molecular formula is C34H34ClF2N5O4. The van der Waals surface area contributed by atoms with Gasteiger partial charge in [-0.2, -0.15) is 0 Å². The van der Waals surface area contributed by atoms with Crippen LogP contribution < -0.4 is 15.2 Å². The Hall–Kier alpha value is -4.51. The maximum absolute atomic E-state index is 17.4. The number of rotatable bonds is 5. The number of fused-ring (bicyclic) bond motifs is 5. The minimum atomic E-state index is -1.01. The molecule has 46 heavy (non-hydrogen) atoms. The monoisotopic (exact) mass is 649 g/mol. The molecule has 9 nitrogen and oxygen atoms in total. The first-order valence-electron chi connectivity index (χ1n) is 15.1. The molecule has 0 spiro atoms. The average molecular weight is 650 g/mol. The van der Waals surface area contributed by atoms with Crippen LogP contribution in [0, 0.1) is 11.6 Å². The molecular weight excluding hydrogens is 616 g/mol. The second kappa shape index (κ2) is 11.7. The Bertz CT molecular complexity index is 1930. The van der Waals surface area contributed by atoms with Crippen molar-refractivity contribution in [3.63, 3.8) is 0 Å². The molecule has 0 radical (unpaired) electrons. The molecule has 1 N–H and O–H groups in total. The van der Waals surface area contributed by atoms with E-state index in [1.54, 1.807) is 4.90 Å². The Morgan fingerprint density at radius 1 is 1.11 bits per heavy atom. The summed E-state index contributed by atoms with van der Waals surface area (Å²) in [6.45, 7) is 13.8. The fraction of sp³-hybridized carbons (Fsp3) is 0.353. The quantitative estimate of drug-likeness (QED) is 0.253. The molecule has 1 amide bonds. The molecule has 240 valence electrons. The van der Waals surface area contributed by atoms with Gasteiger partial charge in [-0.3, -0.25) is 14.2 Å². The number of phenolic OH excluding ortho intramolecular Hbond substituents is 1. The highest BCUT2D eigenvalue weighted by atomic mass is 35.5. The minimum absolute atomic E-state index is 0.00957. The van der Waals surface area contributed by atoms with Gasteiger partial charge in [0.1, 0.15) is 24.5 Å². The number of phenols is 1. The molecule has 0 aliphatic carbocycles. The third kappa shape index (κ3) is 4.79. The number of carbonyl (C=O) groups excluding carboxylic acids is 1. The largest absolute Gasteiger partial charge is 0.507 e. The maximum atomic E-state index is 17.4. The van der Waals surface area contributed by atoms with Crippen LogP contribution in [0.5, 0.6) is 11.5 Å². The summed E-state index contributed by atoms with van der Waals surface area (Å²) in [5, 5.41) is 10.8. The number of ether oxygens (including phenoxy) is 1. The van der Waals surface area contributed by atoms with Crippen LogP contribution in [0.25, 0.3) is 27.7 Å². The van der Waals surface area contributed by atoms with E-state index in [4.69, 9.17) is 16.3 Å². The summed E-state index contributed by atoms with van der Waals surface area (Å²) in [5.74, 6) is -3.03. The second-order valence-corrected chi connectivity index (χ2v) is 12.8. The third-order valence-electron chi connectivity index (χ3n) is 8.73. The van der Waals surface area contributed by atoms with Gasteiger partial charge in [0, 0.05) is 30.1 Å². The number of anilines is 1. The summed E-state index contributed by atoms with van der Waals surface area (Å²) in [6, 6.07) is 4.47. The molecule has 2 aromatic carbocycles. The first-order chi connectivity index (χ1) is 21.9. The van der Waals surface area contributed by atoms with Gasteiger partial charge in [0.25, 0.3) is 5.56 Å². The number of halogens is 3. The van der Waals surface area contributed by atoms with Gasteiger partial charge in [-0.15, -0.1) is 0 Å². The normalized spacial score (nSPS) is 17.7. The number of pyridine rings is 1. The fourth-order valence-corrected chi connectivity index (χ4v) is 6.88. The molecule has 1 fully saturated rings. The lowest BCUT2D eigenvalue weighted by Gasteiger charge is -2.48. The van der Waals surface area contributed by atoms with E-state index in [2.05, 4.69) is 16.5 Å². The highest BCUT2D eigenvalue weighted by Gasteiger charge is 2.41. The van der Waals surface area contributed by atoms with Crippen molar-refractivity contribution in [2.75, 3.05) is 24.6 Å². The number of benzene rings is 2. The standard InChI is InChI=1S/C34H34ClF2N5O4/c1-7-24(44)40-13-19-14-46-33-31(41(19)12-18(40)6)20-11-21(35)25(26-22(36)9-8-10-23(26)43)27(37)30(20)42(34(33)45)32-28(16(2)3)38-15-39-29(32)17(4)5/h7-11,15-19,43H,1,12-14H2,2-6H3. The Kier molecular flexibility index (Phi) is 8.00. The Labute approximate surface area is 269 Å². The van der Waals surface area contributed by atoms with Crippen molar-refractivity contribution < 1.29 is 23.4 Å². The third-order valence-corrected chi connectivity index (χ3v) is 9.03. The summed E-state index contributed by atoms with van der Waals surface area (Å²) >= 11 is 6.77. The van der Waals surface area contributed by atoms with Crippen LogP contribution in [0.3, 0.4) is 0 Å². The van der Waals surface area contributed by atoms with Gasteiger partial charge in [-0.25, -0.2) is 18.7 Å². The van der Waals surface area contributed by atoms with E-state index >= 15 is 8.78 Å². The van der Waals surface area contributed by atoms with E-state index in [-0.39, 0.29) is 64.7 Å². The van der Waals surface area contributed by atoms with Gasteiger partial charge in [0.2, 0.25) is 11.7 Å². The molecule has 2 aliphatic heterocycles. The molecule has 6 rings (SSSR count). The van der Waals surface area contributed by atoms with E-state index < -0.39 is 34.1 Å². The van der Waals surface area contributed by atoms with E-state index in [0.717, 1.165) is 6.07 Å². The van der Waals surface area contributed by atoms with Crippen LogP contribution in [-0.2, 0) is 4.79 Å². The van der Waals surface area contributed by atoms with Crippen molar-refractivity contribution in [3.05, 3.63) is 81.6 Å². The molecule has 2 aromatic heterocycles. The van der Waals surface area contributed by atoms with Crippen LogP contribution >= 0.6 is 11.6 Å². The Morgan fingerprint density at radius 3 is 2.39 bits per heavy atom. The molecule has 12 heteroatoms. The summed E-state index contributed by atoms with van der Waals surface area (Å²) in [7, 11) is 0. The van der Waals surface area contributed by atoms with E-state index in [1.165, 1.54) is 35.2 Å². The Morgan fingerprint density at radius 2 is 1.78 bits per heavy atom. The van der Waals surface area contributed by atoms with Crippen molar-refractivity contribution in [1.29, 1.82) is 0 Å². The molecule has 2 unspecified atom stereocenters. The predicted molar refractivity (Wildman–Crippen MR) is 173 cm³/mol. The lowest BCUT2D eigenvalue weighted by atomic mass is 9.96. The van der Waals surface area contributed by atoms with Crippen LogP contribution in [0.1, 0.15) is 57.8 Å². The second-order valence-electron chi connectivity index (χ2n) is 12.4. The lowest BCUT2D eigenvalue weighted by molar-refractivity contribution is -0.129. The minimum Gasteiger partial charge on any atom is -0.507 e. The van der Waals surface area contributed by atoms with Crippen LogP contribution in [0.2, 0.25) is 5.02 Å². The van der Waals surface area contributed by atoms with Gasteiger partial charge in [0.15, 0.2) is 5.82 Å². The zero-order chi connectivity index (χ0) is 33.2. The number of piperazine rings is 1. The smallest absolute Gasteiger partial charge is 0.300 e. The van der Waals surface area contributed by atoms with Gasteiger partial charge >= 0.3 is 0 Å². The lowest BCUT2D eigenvalue weighted by Crippen LogP contribution is -2.62. The predicted octanol–water partition coefficient (Wildman–Crippen LogP) is 6.32. The summed E-state index contributed by atoms with van der Waals surface area (Å²) in [5.41, 5.74) is -0.0287. The van der Waals surface area contributed by atoms with Gasteiger partial charge < -0.3 is 19.6 Å². The zero-order valence-electron chi connectivity index (χ0n) is 26.1. The summed E-state index contributed by atoms with van der Waals surface area (Å²) in [4.78, 5) is 40.0. The van der Waals surface area contributed by atoms with E-state index in [9.17, 15) is 14.7 Å². The number of carbonyl (C=O) groups is 1. The summed E-state index contributed by atoms with van der Waals surface area (Å²) < 4.78 is 40.0.